The normalized spacial score (nSPS) is 12.3. The summed E-state index contributed by atoms with van der Waals surface area (Å²) in [5, 5.41) is 3.22. The van der Waals surface area contributed by atoms with Crippen molar-refractivity contribution >= 4 is 43.9 Å². The van der Waals surface area contributed by atoms with Crippen molar-refractivity contribution in [2.75, 3.05) is 0 Å². The number of nitrogens with one attached hydrogen (secondary N) is 1. The molecule has 8 aromatic rings. The van der Waals surface area contributed by atoms with Crippen molar-refractivity contribution in [2.24, 2.45) is 0 Å². The molecule has 1 aliphatic rings. The first-order valence-electron chi connectivity index (χ1n) is 12.8. The SMILES string of the molecule is c1cc2cc(c1)-c1cccc3c1[nH]c1c(cccc13)-c1cccc(n1)-c1nc(nc3c1oc1ccccc13)O2. The van der Waals surface area contributed by atoms with Crippen molar-refractivity contribution in [3.63, 3.8) is 0 Å². The van der Waals surface area contributed by atoms with Crippen LogP contribution in [0.25, 0.3) is 77.6 Å². The molecule has 4 aromatic carbocycles. The van der Waals surface area contributed by atoms with Gasteiger partial charge in [0, 0.05) is 27.3 Å². The summed E-state index contributed by atoms with van der Waals surface area (Å²) in [6, 6.07) is 34.8. The molecular weight excluding hydrogens is 484 g/mol. The van der Waals surface area contributed by atoms with Gasteiger partial charge in [0.1, 0.15) is 22.5 Å². The lowest BCUT2D eigenvalue weighted by molar-refractivity contribution is 0.444. The molecule has 1 aliphatic heterocycles. The van der Waals surface area contributed by atoms with Gasteiger partial charge in [-0.15, -0.1) is 0 Å². The van der Waals surface area contributed by atoms with Gasteiger partial charge < -0.3 is 14.1 Å². The summed E-state index contributed by atoms with van der Waals surface area (Å²) in [5.74, 6) is 0.649. The van der Waals surface area contributed by atoms with E-state index in [-0.39, 0.29) is 6.01 Å². The molecule has 6 heteroatoms. The van der Waals surface area contributed by atoms with E-state index in [0.717, 1.165) is 55.2 Å². The van der Waals surface area contributed by atoms with E-state index in [1.807, 2.05) is 60.7 Å². The highest BCUT2D eigenvalue weighted by Gasteiger charge is 2.21. The minimum absolute atomic E-state index is 0.241. The van der Waals surface area contributed by atoms with Crippen molar-refractivity contribution in [3.05, 3.63) is 103 Å². The second-order valence-corrected chi connectivity index (χ2v) is 9.75. The lowest BCUT2D eigenvalue weighted by atomic mass is 10.0. The maximum absolute atomic E-state index is 6.32. The number of benzene rings is 4. The second kappa shape index (κ2) is 7.52. The topological polar surface area (TPSA) is 76.8 Å². The smallest absolute Gasteiger partial charge is 0.323 e. The van der Waals surface area contributed by atoms with E-state index >= 15 is 0 Å². The Morgan fingerprint density at radius 1 is 0.590 bits per heavy atom. The number of nitrogens with zero attached hydrogens (tertiary/aromatic N) is 3. The van der Waals surface area contributed by atoms with Gasteiger partial charge >= 0.3 is 6.01 Å². The minimum atomic E-state index is 0.241. The van der Waals surface area contributed by atoms with E-state index in [9.17, 15) is 0 Å². The standard InChI is InChI=1S/C33H18N4O2/c1-2-16-27-24(9-1)30-32(39-27)31-26-15-6-14-25(34-26)23-13-5-12-22-21-11-4-10-20(28(21)35-29(22)23)18-7-3-8-19(17-18)38-33(36-30)37-31/h1-17,35H. The highest BCUT2D eigenvalue weighted by atomic mass is 16.5. The summed E-state index contributed by atoms with van der Waals surface area (Å²) in [6.07, 6.45) is 0. The number of H-pyrrole nitrogens is 1. The van der Waals surface area contributed by atoms with Crippen LogP contribution in [0.4, 0.5) is 0 Å². The molecule has 1 N–H and O–H groups in total. The molecule has 0 amide bonds. The molecular formula is C33H18N4O2. The highest BCUT2D eigenvalue weighted by Crippen LogP contribution is 2.40. The number of aromatic amines is 1. The molecule has 0 saturated carbocycles. The fraction of sp³-hybridized carbons (Fsp3) is 0. The quantitative estimate of drug-likeness (QED) is 0.225. The molecule has 8 bridgehead atoms. The van der Waals surface area contributed by atoms with Crippen LogP contribution in [0.15, 0.2) is 108 Å². The molecule has 0 aliphatic carbocycles. The number of rotatable bonds is 0. The molecule has 6 nitrogen and oxygen atoms in total. The first-order valence-corrected chi connectivity index (χ1v) is 12.8. The van der Waals surface area contributed by atoms with Gasteiger partial charge in [-0.3, -0.25) is 0 Å². The van der Waals surface area contributed by atoms with Crippen molar-refractivity contribution in [3.8, 4) is 45.5 Å². The van der Waals surface area contributed by atoms with Gasteiger partial charge in [-0.1, -0.05) is 66.7 Å². The maximum atomic E-state index is 6.32. The summed E-state index contributed by atoms with van der Waals surface area (Å²) in [7, 11) is 0. The van der Waals surface area contributed by atoms with Crippen molar-refractivity contribution < 1.29 is 9.15 Å². The molecule has 0 spiro atoms. The van der Waals surface area contributed by atoms with E-state index in [0.29, 0.717) is 28.2 Å². The zero-order valence-electron chi connectivity index (χ0n) is 20.5. The van der Waals surface area contributed by atoms with Crippen LogP contribution in [0.2, 0.25) is 0 Å². The van der Waals surface area contributed by atoms with Crippen molar-refractivity contribution in [1.29, 1.82) is 0 Å². The van der Waals surface area contributed by atoms with Gasteiger partial charge in [0.2, 0.25) is 0 Å². The molecule has 0 saturated heterocycles. The second-order valence-electron chi connectivity index (χ2n) is 9.75. The summed E-state index contributed by atoms with van der Waals surface area (Å²) in [6.45, 7) is 0. The average Bonchev–Trinajstić information content (AvgIpc) is 3.55. The molecule has 0 radical (unpaired) electrons. The zero-order chi connectivity index (χ0) is 25.5. The van der Waals surface area contributed by atoms with Crippen LogP contribution in [0, 0.1) is 0 Å². The number of hydrogen-bond acceptors (Lipinski definition) is 5. The predicted molar refractivity (Wildman–Crippen MR) is 153 cm³/mol. The van der Waals surface area contributed by atoms with Gasteiger partial charge in [0.15, 0.2) is 5.58 Å². The Balaban J connectivity index is 1.44. The first kappa shape index (κ1) is 20.6. The zero-order valence-corrected chi connectivity index (χ0v) is 20.5. The van der Waals surface area contributed by atoms with Crippen molar-refractivity contribution in [2.45, 2.75) is 0 Å². The Morgan fingerprint density at radius 3 is 2.26 bits per heavy atom. The lowest BCUT2D eigenvalue weighted by Crippen LogP contribution is -1.97. The van der Waals surface area contributed by atoms with Crippen LogP contribution in [0.5, 0.6) is 11.8 Å². The van der Waals surface area contributed by atoms with Crippen LogP contribution in [0.3, 0.4) is 0 Å². The molecule has 0 atom stereocenters. The molecule has 182 valence electrons. The number of ether oxygens (including phenoxy) is 1. The van der Waals surface area contributed by atoms with E-state index < -0.39 is 0 Å². The Kier molecular flexibility index (Phi) is 3.96. The highest BCUT2D eigenvalue weighted by molar-refractivity contribution is 6.15. The Morgan fingerprint density at radius 2 is 1.33 bits per heavy atom. The van der Waals surface area contributed by atoms with Crippen LogP contribution in [0.1, 0.15) is 0 Å². The monoisotopic (exact) mass is 502 g/mol. The van der Waals surface area contributed by atoms with Gasteiger partial charge in [-0.05, 0) is 42.0 Å². The van der Waals surface area contributed by atoms with E-state index in [4.69, 9.17) is 24.1 Å². The third-order valence-corrected chi connectivity index (χ3v) is 7.49. The number of furan rings is 1. The Hall–Kier alpha value is -5.49. The summed E-state index contributed by atoms with van der Waals surface area (Å²) in [5.41, 5.74) is 9.39. The van der Waals surface area contributed by atoms with E-state index in [1.54, 1.807) is 0 Å². The maximum Gasteiger partial charge on any atom is 0.323 e. The summed E-state index contributed by atoms with van der Waals surface area (Å²) < 4.78 is 12.6. The van der Waals surface area contributed by atoms with E-state index in [2.05, 4.69) is 47.4 Å². The molecule has 5 heterocycles. The number of hydrogen-bond donors (Lipinski definition) is 1. The predicted octanol–water partition coefficient (Wildman–Crippen LogP) is 8.51. The van der Waals surface area contributed by atoms with Gasteiger partial charge in [-0.25, -0.2) is 4.98 Å². The summed E-state index contributed by atoms with van der Waals surface area (Å²) >= 11 is 0. The van der Waals surface area contributed by atoms with Crippen molar-refractivity contribution in [1.82, 2.24) is 19.9 Å². The van der Waals surface area contributed by atoms with Gasteiger partial charge in [0.05, 0.1) is 22.4 Å². The van der Waals surface area contributed by atoms with Gasteiger partial charge in [-0.2, -0.15) is 9.97 Å². The molecule has 0 fully saturated rings. The molecule has 4 aromatic heterocycles. The van der Waals surface area contributed by atoms with Gasteiger partial charge in [0.25, 0.3) is 0 Å². The molecule has 0 unspecified atom stereocenters. The number of pyridine rings is 1. The Bertz CT molecular complexity index is 2280. The molecule has 39 heavy (non-hydrogen) atoms. The lowest BCUT2D eigenvalue weighted by Gasteiger charge is -2.10. The third kappa shape index (κ3) is 2.94. The molecule has 9 rings (SSSR count). The summed E-state index contributed by atoms with van der Waals surface area (Å²) in [4.78, 5) is 18.5. The number of aromatic nitrogens is 4. The largest absolute Gasteiger partial charge is 0.452 e. The van der Waals surface area contributed by atoms with Crippen LogP contribution >= 0.6 is 0 Å². The third-order valence-electron chi connectivity index (χ3n) is 7.49. The minimum Gasteiger partial charge on any atom is -0.452 e. The number of fused-ring (bicyclic) bond motifs is 14. The Labute approximate surface area is 221 Å². The number of para-hydroxylation sites is 3. The average molecular weight is 503 g/mol. The van der Waals surface area contributed by atoms with Crippen LogP contribution < -0.4 is 4.74 Å². The van der Waals surface area contributed by atoms with Crippen LogP contribution in [-0.2, 0) is 0 Å². The van der Waals surface area contributed by atoms with Crippen LogP contribution in [-0.4, -0.2) is 19.9 Å². The first-order chi connectivity index (χ1) is 19.3. The fourth-order valence-corrected chi connectivity index (χ4v) is 5.74. The van der Waals surface area contributed by atoms with E-state index in [1.165, 1.54) is 0 Å². The fourth-order valence-electron chi connectivity index (χ4n) is 5.74.